The molecule has 1 aliphatic heterocycles. The van der Waals surface area contributed by atoms with Crippen LogP contribution in [0.3, 0.4) is 0 Å². The second-order valence-electron chi connectivity index (χ2n) is 10.2. The Morgan fingerprint density at radius 2 is 1.86 bits per heavy atom. The molecule has 1 spiro atoms. The topological polar surface area (TPSA) is 61.8 Å². The first-order valence-corrected chi connectivity index (χ1v) is 10.6. The summed E-state index contributed by atoms with van der Waals surface area (Å²) in [5, 5.41) is 0. The smallest absolute Gasteiger partial charge is 0.308 e. The zero-order valence-electron chi connectivity index (χ0n) is 18.4. The Bertz CT molecular complexity index is 680. The molecule has 0 radical (unpaired) electrons. The van der Waals surface area contributed by atoms with Gasteiger partial charge in [0.15, 0.2) is 0 Å². The number of hydrogen-bond donors (Lipinski definition) is 0. The molecule has 3 rings (SSSR count). The maximum absolute atomic E-state index is 12.0. The number of methoxy groups -OCH3 is 1. The molecular formula is C23H36O5. The van der Waals surface area contributed by atoms with E-state index in [1.807, 2.05) is 6.92 Å². The average molecular weight is 393 g/mol. The number of carbonyl (C=O) groups is 2. The number of ether oxygens (including phenoxy) is 3. The average Bonchev–Trinajstić information content (AvgIpc) is 2.94. The molecule has 28 heavy (non-hydrogen) atoms. The zero-order chi connectivity index (χ0) is 20.8. The predicted molar refractivity (Wildman–Crippen MR) is 107 cm³/mol. The summed E-state index contributed by atoms with van der Waals surface area (Å²) >= 11 is 0. The van der Waals surface area contributed by atoms with Gasteiger partial charge in [0.1, 0.15) is 6.61 Å². The summed E-state index contributed by atoms with van der Waals surface area (Å²) in [4.78, 5) is 23.5. The molecule has 3 aliphatic rings. The van der Waals surface area contributed by atoms with Gasteiger partial charge in [-0.25, -0.2) is 0 Å². The normalized spacial score (nSPS) is 39.2. The summed E-state index contributed by atoms with van der Waals surface area (Å²) in [5.41, 5.74) is 0.203. The van der Waals surface area contributed by atoms with Gasteiger partial charge < -0.3 is 14.2 Å². The van der Waals surface area contributed by atoms with E-state index in [2.05, 4.69) is 26.8 Å². The highest BCUT2D eigenvalue weighted by Crippen LogP contribution is 2.66. The first-order valence-electron chi connectivity index (χ1n) is 10.6. The minimum Gasteiger partial charge on any atom is -0.469 e. The standard InChI is InChI=1S/C23H36O5/c1-16(24)27-15-17-8-9-18-20(2,3)10-7-11-22(18,5)23(17)13-12-21(4,28-23)14-19(25)26-6/h8,18H,7,9-15H2,1-6H3/t18-,21-,22-,23+/m1/s1. The lowest BCUT2D eigenvalue weighted by Gasteiger charge is -2.61. The Morgan fingerprint density at radius 3 is 2.50 bits per heavy atom. The Kier molecular flexibility index (Phi) is 5.46. The lowest BCUT2D eigenvalue weighted by Crippen LogP contribution is -2.60. The van der Waals surface area contributed by atoms with Crippen LogP contribution in [0.4, 0.5) is 0 Å². The highest BCUT2D eigenvalue weighted by Gasteiger charge is 2.65. The highest BCUT2D eigenvalue weighted by atomic mass is 16.6. The van der Waals surface area contributed by atoms with Gasteiger partial charge in [0.2, 0.25) is 0 Å². The molecule has 5 nitrogen and oxygen atoms in total. The van der Waals surface area contributed by atoms with Gasteiger partial charge in [-0.2, -0.15) is 0 Å². The van der Waals surface area contributed by atoms with Crippen molar-refractivity contribution in [3.8, 4) is 0 Å². The van der Waals surface area contributed by atoms with Gasteiger partial charge in [-0.15, -0.1) is 0 Å². The van der Waals surface area contributed by atoms with Crippen LogP contribution in [0.1, 0.15) is 79.6 Å². The zero-order valence-corrected chi connectivity index (χ0v) is 18.4. The quantitative estimate of drug-likeness (QED) is 0.517. The Hall–Kier alpha value is -1.36. The third kappa shape index (κ3) is 3.40. The lowest BCUT2D eigenvalue weighted by atomic mass is 9.46. The second-order valence-corrected chi connectivity index (χ2v) is 10.2. The van der Waals surface area contributed by atoms with Crippen LogP contribution < -0.4 is 0 Å². The molecule has 158 valence electrons. The van der Waals surface area contributed by atoms with Gasteiger partial charge in [0.05, 0.1) is 24.7 Å². The second kappa shape index (κ2) is 7.16. The van der Waals surface area contributed by atoms with E-state index in [9.17, 15) is 9.59 Å². The number of allylic oxidation sites excluding steroid dienone is 1. The molecule has 0 aromatic heterocycles. The van der Waals surface area contributed by atoms with E-state index in [0.29, 0.717) is 5.92 Å². The summed E-state index contributed by atoms with van der Waals surface area (Å²) in [6, 6.07) is 0. The molecule has 0 amide bonds. The molecule has 0 N–H and O–H groups in total. The van der Waals surface area contributed by atoms with E-state index in [-0.39, 0.29) is 35.8 Å². The van der Waals surface area contributed by atoms with Gasteiger partial charge in [-0.05, 0) is 55.9 Å². The molecule has 1 saturated carbocycles. The molecule has 0 bridgehead atoms. The van der Waals surface area contributed by atoms with Crippen LogP contribution in [0.2, 0.25) is 0 Å². The van der Waals surface area contributed by atoms with Crippen LogP contribution in [0.15, 0.2) is 11.6 Å². The third-order valence-corrected chi connectivity index (χ3v) is 7.87. The molecule has 2 aliphatic carbocycles. The fourth-order valence-electron chi connectivity index (χ4n) is 6.42. The summed E-state index contributed by atoms with van der Waals surface area (Å²) in [5.74, 6) is -0.0236. The van der Waals surface area contributed by atoms with Crippen molar-refractivity contribution in [1.29, 1.82) is 0 Å². The first kappa shape index (κ1) is 21.4. The van der Waals surface area contributed by atoms with Gasteiger partial charge >= 0.3 is 11.9 Å². The van der Waals surface area contributed by atoms with Crippen molar-refractivity contribution in [2.24, 2.45) is 16.7 Å². The molecular weight excluding hydrogens is 356 g/mol. The molecule has 0 unspecified atom stereocenters. The number of carbonyl (C=O) groups excluding carboxylic acids is 2. The number of hydrogen-bond acceptors (Lipinski definition) is 5. The van der Waals surface area contributed by atoms with Crippen LogP contribution in [-0.4, -0.2) is 36.9 Å². The molecule has 1 heterocycles. The largest absolute Gasteiger partial charge is 0.469 e. The van der Waals surface area contributed by atoms with Crippen molar-refractivity contribution in [3.63, 3.8) is 0 Å². The van der Waals surface area contributed by atoms with Crippen molar-refractivity contribution in [2.75, 3.05) is 13.7 Å². The summed E-state index contributed by atoms with van der Waals surface area (Å²) in [7, 11) is 1.42. The minimum atomic E-state index is -0.561. The van der Waals surface area contributed by atoms with E-state index < -0.39 is 11.2 Å². The van der Waals surface area contributed by atoms with Gasteiger partial charge in [-0.3, -0.25) is 9.59 Å². The number of esters is 2. The predicted octanol–water partition coefficient (Wildman–Crippen LogP) is 4.58. The first-order chi connectivity index (χ1) is 13.0. The van der Waals surface area contributed by atoms with Gasteiger partial charge in [-0.1, -0.05) is 33.3 Å². The Balaban J connectivity index is 2.02. The van der Waals surface area contributed by atoms with Gasteiger partial charge in [0.25, 0.3) is 0 Å². The molecule has 0 aromatic carbocycles. The van der Waals surface area contributed by atoms with Crippen LogP contribution in [0, 0.1) is 16.7 Å². The Morgan fingerprint density at radius 1 is 1.14 bits per heavy atom. The van der Waals surface area contributed by atoms with E-state index in [0.717, 1.165) is 31.3 Å². The number of fused-ring (bicyclic) bond motifs is 2. The molecule has 4 atom stereocenters. The fraction of sp³-hybridized carbons (Fsp3) is 0.826. The monoisotopic (exact) mass is 392 g/mol. The number of rotatable bonds is 4. The maximum atomic E-state index is 12.0. The Labute approximate surface area is 169 Å². The summed E-state index contributed by atoms with van der Waals surface area (Å²) < 4.78 is 17.3. The molecule has 1 saturated heterocycles. The molecule has 0 aromatic rings. The van der Waals surface area contributed by atoms with Gasteiger partial charge in [0, 0.05) is 12.3 Å². The SMILES string of the molecule is COC(=O)C[C@@]1(C)CC[C@]2(O1)C(COC(C)=O)=CC[C@@H]1C(C)(C)CCC[C@]12C. The fourth-order valence-corrected chi connectivity index (χ4v) is 6.42. The van der Waals surface area contributed by atoms with Crippen LogP contribution in [-0.2, 0) is 23.8 Å². The summed E-state index contributed by atoms with van der Waals surface area (Å²) in [6.45, 7) is 10.8. The third-order valence-electron chi connectivity index (χ3n) is 7.87. The van der Waals surface area contributed by atoms with E-state index in [1.165, 1.54) is 26.9 Å². The van der Waals surface area contributed by atoms with Crippen LogP contribution in [0.5, 0.6) is 0 Å². The highest BCUT2D eigenvalue weighted by molar-refractivity contribution is 5.70. The van der Waals surface area contributed by atoms with Crippen molar-refractivity contribution in [1.82, 2.24) is 0 Å². The maximum Gasteiger partial charge on any atom is 0.308 e. The van der Waals surface area contributed by atoms with Crippen molar-refractivity contribution < 1.29 is 23.8 Å². The van der Waals surface area contributed by atoms with Crippen LogP contribution in [0.25, 0.3) is 0 Å². The van der Waals surface area contributed by atoms with Crippen molar-refractivity contribution in [2.45, 2.75) is 90.8 Å². The van der Waals surface area contributed by atoms with Crippen molar-refractivity contribution in [3.05, 3.63) is 11.6 Å². The van der Waals surface area contributed by atoms with E-state index in [1.54, 1.807) is 0 Å². The van der Waals surface area contributed by atoms with Crippen LogP contribution >= 0.6 is 0 Å². The van der Waals surface area contributed by atoms with E-state index >= 15 is 0 Å². The molecule has 2 fully saturated rings. The molecule has 5 heteroatoms. The summed E-state index contributed by atoms with van der Waals surface area (Å²) in [6.07, 6.45) is 8.60. The van der Waals surface area contributed by atoms with E-state index in [4.69, 9.17) is 14.2 Å². The lowest BCUT2D eigenvalue weighted by molar-refractivity contribution is -0.196. The van der Waals surface area contributed by atoms with Crippen molar-refractivity contribution >= 4 is 11.9 Å². The minimum absolute atomic E-state index is 0.0487.